The Bertz CT molecular complexity index is 402. The molecule has 0 aromatic rings. The molecule has 1 aliphatic rings. The summed E-state index contributed by atoms with van der Waals surface area (Å²) >= 11 is 0. The molecular weight excluding hydrogens is 272 g/mol. The largest absolute Gasteiger partial charge is 0.458 e. The van der Waals surface area contributed by atoms with Crippen LogP contribution < -0.4 is 0 Å². The molecule has 0 radical (unpaired) electrons. The van der Waals surface area contributed by atoms with Crippen LogP contribution in [0, 0.1) is 0 Å². The Hall–Kier alpha value is -1.57. The second-order valence-corrected chi connectivity index (χ2v) is 5.64. The maximum Gasteiger partial charge on any atom is 0.306 e. The Morgan fingerprint density at radius 3 is 2.59 bits per heavy atom. The highest BCUT2D eigenvalue weighted by molar-refractivity contribution is 5.70. The minimum atomic E-state index is -0.0736. The molecule has 22 heavy (non-hydrogen) atoms. The summed E-state index contributed by atoms with van der Waals surface area (Å²) in [6.07, 6.45) is 26.5. The number of hydrogen-bond donors (Lipinski definition) is 0. The number of carbonyl (C=O) groups is 1. The van der Waals surface area contributed by atoms with Crippen molar-refractivity contribution >= 4 is 5.97 Å². The quantitative estimate of drug-likeness (QED) is 0.225. The standard InChI is InChI=1S/C20H30O2/c1-2-3-4-5-6-7-8-9-10-11-12-13-14-16-19-17-15-18-20(21)22-19/h6-7,9-10,12-14,16,19H,2-5,8,11,15,17-18H2,1H3/b7-6-,10-9-,13-12+,16-14+. The Kier molecular flexibility index (Phi) is 11.0. The van der Waals surface area contributed by atoms with Gasteiger partial charge in [-0.1, -0.05) is 62.3 Å². The van der Waals surface area contributed by atoms with E-state index in [0.717, 1.165) is 25.7 Å². The third-order valence-electron chi connectivity index (χ3n) is 3.58. The van der Waals surface area contributed by atoms with Crippen molar-refractivity contribution in [2.45, 2.75) is 70.8 Å². The molecule has 1 atom stereocenters. The zero-order valence-electron chi connectivity index (χ0n) is 13.9. The van der Waals surface area contributed by atoms with Gasteiger partial charge in [0.05, 0.1) is 0 Å². The zero-order chi connectivity index (χ0) is 15.9. The molecule has 1 saturated heterocycles. The van der Waals surface area contributed by atoms with E-state index in [1.807, 2.05) is 18.2 Å². The molecule has 0 N–H and O–H groups in total. The molecule has 0 aromatic carbocycles. The van der Waals surface area contributed by atoms with E-state index in [2.05, 4.69) is 37.3 Å². The van der Waals surface area contributed by atoms with E-state index in [1.165, 1.54) is 25.7 Å². The van der Waals surface area contributed by atoms with Crippen molar-refractivity contribution in [3.63, 3.8) is 0 Å². The van der Waals surface area contributed by atoms with E-state index < -0.39 is 0 Å². The minimum Gasteiger partial charge on any atom is -0.458 e. The van der Waals surface area contributed by atoms with Crippen molar-refractivity contribution < 1.29 is 9.53 Å². The van der Waals surface area contributed by atoms with Gasteiger partial charge in [0.2, 0.25) is 0 Å². The van der Waals surface area contributed by atoms with Gasteiger partial charge in [0, 0.05) is 6.42 Å². The summed E-state index contributed by atoms with van der Waals surface area (Å²) in [4.78, 5) is 11.1. The van der Waals surface area contributed by atoms with Crippen molar-refractivity contribution in [1.29, 1.82) is 0 Å². The number of allylic oxidation sites excluding steroid dienone is 7. The average Bonchev–Trinajstić information content (AvgIpc) is 2.52. The van der Waals surface area contributed by atoms with Gasteiger partial charge in [-0.05, 0) is 44.6 Å². The van der Waals surface area contributed by atoms with Gasteiger partial charge >= 0.3 is 5.97 Å². The van der Waals surface area contributed by atoms with Crippen LogP contribution in [-0.2, 0) is 9.53 Å². The summed E-state index contributed by atoms with van der Waals surface area (Å²) < 4.78 is 5.21. The highest BCUT2D eigenvalue weighted by Crippen LogP contribution is 2.14. The molecule has 1 rings (SSSR count). The van der Waals surface area contributed by atoms with Crippen LogP contribution in [-0.4, -0.2) is 12.1 Å². The molecule has 1 heterocycles. The fourth-order valence-electron chi connectivity index (χ4n) is 2.29. The SMILES string of the molecule is CCCCC/C=C\C/C=C\C/C=C/C=C/C1CCCC(=O)O1. The summed E-state index contributed by atoms with van der Waals surface area (Å²) in [5.41, 5.74) is 0. The number of ether oxygens (including phenoxy) is 1. The van der Waals surface area contributed by atoms with E-state index in [4.69, 9.17) is 4.74 Å². The smallest absolute Gasteiger partial charge is 0.306 e. The number of hydrogen-bond acceptors (Lipinski definition) is 2. The molecule has 0 aliphatic carbocycles. The zero-order valence-corrected chi connectivity index (χ0v) is 13.9. The number of cyclic esters (lactones) is 1. The second kappa shape index (κ2) is 13.1. The molecule has 2 nitrogen and oxygen atoms in total. The lowest BCUT2D eigenvalue weighted by atomic mass is 10.1. The second-order valence-electron chi connectivity index (χ2n) is 5.64. The molecule has 2 heteroatoms. The predicted octanol–water partition coefficient (Wildman–Crippen LogP) is 5.67. The summed E-state index contributed by atoms with van der Waals surface area (Å²) in [5, 5.41) is 0. The van der Waals surface area contributed by atoms with Crippen LogP contribution in [0.25, 0.3) is 0 Å². The number of unbranched alkanes of at least 4 members (excludes halogenated alkanes) is 3. The fourth-order valence-corrected chi connectivity index (χ4v) is 2.29. The van der Waals surface area contributed by atoms with Crippen LogP contribution in [0.2, 0.25) is 0 Å². The lowest BCUT2D eigenvalue weighted by Crippen LogP contribution is -2.21. The Balaban J connectivity index is 2.03. The van der Waals surface area contributed by atoms with Crippen molar-refractivity contribution in [3.8, 4) is 0 Å². The predicted molar refractivity (Wildman–Crippen MR) is 93.7 cm³/mol. The van der Waals surface area contributed by atoms with Crippen LogP contribution in [0.3, 0.4) is 0 Å². The normalized spacial score (nSPS) is 19.9. The van der Waals surface area contributed by atoms with E-state index in [-0.39, 0.29) is 12.1 Å². The topological polar surface area (TPSA) is 26.3 Å². The summed E-state index contributed by atoms with van der Waals surface area (Å²) in [7, 11) is 0. The molecule has 0 aromatic heterocycles. The molecule has 0 saturated carbocycles. The summed E-state index contributed by atoms with van der Waals surface area (Å²) in [5.74, 6) is -0.0736. The van der Waals surface area contributed by atoms with E-state index in [9.17, 15) is 4.79 Å². The Morgan fingerprint density at radius 2 is 1.82 bits per heavy atom. The third-order valence-corrected chi connectivity index (χ3v) is 3.58. The van der Waals surface area contributed by atoms with E-state index in [0.29, 0.717) is 6.42 Å². The van der Waals surface area contributed by atoms with Crippen molar-refractivity contribution in [2.75, 3.05) is 0 Å². The first kappa shape index (κ1) is 18.5. The van der Waals surface area contributed by atoms with Crippen LogP contribution in [0.4, 0.5) is 0 Å². The van der Waals surface area contributed by atoms with Gasteiger partial charge < -0.3 is 4.74 Å². The molecule has 1 aliphatic heterocycles. The maximum atomic E-state index is 11.1. The van der Waals surface area contributed by atoms with Crippen LogP contribution in [0.5, 0.6) is 0 Å². The molecule has 1 unspecified atom stereocenters. The van der Waals surface area contributed by atoms with Crippen LogP contribution in [0.15, 0.2) is 48.6 Å². The first-order valence-electron chi connectivity index (χ1n) is 8.65. The van der Waals surface area contributed by atoms with Crippen molar-refractivity contribution in [1.82, 2.24) is 0 Å². The van der Waals surface area contributed by atoms with Crippen LogP contribution in [0.1, 0.15) is 64.7 Å². The molecule has 0 bridgehead atoms. The van der Waals surface area contributed by atoms with E-state index >= 15 is 0 Å². The number of esters is 1. The molecule has 0 spiro atoms. The number of carbonyl (C=O) groups excluding carboxylic acids is 1. The highest BCUT2D eigenvalue weighted by Gasteiger charge is 2.16. The molecule has 1 fully saturated rings. The molecule has 0 amide bonds. The summed E-state index contributed by atoms with van der Waals surface area (Å²) in [6, 6.07) is 0. The lowest BCUT2D eigenvalue weighted by molar-refractivity contribution is -0.150. The monoisotopic (exact) mass is 302 g/mol. The van der Waals surface area contributed by atoms with Gasteiger partial charge in [-0.25, -0.2) is 0 Å². The first-order valence-corrected chi connectivity index (χ1v) is 8.65. The lowest BCUT2D eigenvalue weighted by Gasteiger charge is -2.18. The van der Waals surface area contributed by atoms with Gasteiger partial charge in [0.15, 0.2) is 0 Å². The average molecular weight is 302 g/mol. The van der Waals surface area contributed by atoms with Gasteiger partial charge in [0.25, 0.3) is 0 Å². The minimum absolute atomic E-state index is 0.0284. The van der Waals surface area contributed by atoms with E-state index in [1.54, 1.807) is 0 Å². The Morgan fingerprint density at radius 1 is 1.05 bits per heavy atom. The highest BCUT2D eigenvalue weighted by atomic mass is 16.5. The van der Waals surface area contributed by atoms with Gasteiger partial charge in [-0.15, -0.1) is 0 Å². The van der Waals surface area contributed by atoms with Crippen molar-refractivity contribution in [2.24, 2.45) is 0 Å². The third kappa shape index (κ3) is 10.2. The fraction of sp³-hybridized carbons (Fsp3) is 0.550. The maximum absolute atomic E-state index is 11.1. The number of rotatable bonds is 10. The first-order chi connectivity index (χ1) is 10.8. The molecular formula is C20H30O2. The van der Waals surface area contributed by atoms with Gasteiger partial charge in [-0.2, -0.15) is 0 Å². The summed E-state index contributed by atoms with van der Waals surface area (Å²) in [6.45, 7) is 2.23. The van der Waals surface area contributed by atoms with Crippen molar-refractivity contribution in [3.05, 3.63) is 48.6 Å². The van der Waals surface area contributed by atoms with Gasteiger partial charge in [0.1, 0.15) is 6.10 Å². The Labute approximate surface area is 135 Å². The van der Waals surface area contributed by atoms with Crippen LogP contribution >= 0.6 is 0 Å². The molecule has 122 valence electrons. The van der Waals surface area contributed by atoms with Gasteiger partial charge in [-0.3, -0.25) is 4.79 Å².